The van der Waals surface area contributed by atoms with Crippen LogP contribution < -0.4 is 5.32 Å². The van der Waals surface area contributed by atoms with Crippen LogP contribution in [0.3, 0.4) is 0 Å². The average Bonchev–Trinajstić information content (AvgIpc) is 3.27. The van der Waals surface area contributed by atoms with Gasteiger partial charge in [0.1, 0.15) is 5.76 Å². The summed E-state index contributed by atoms with van der Waals surface area (Å²) in [5, 5.41) is 3.20. The van der Waals surface area contributed by atoms with Crippen molar-refractivity contribution in [1.29, 1.82) is 0 Å². The number of allylic oxidation sites excluding steroid dienone is 1. The van der Waals surface area contributed by atoms with E-state index >= 15 is 0 Å². The number of fused-ring (bicyclic) bond motifs is 2. The maximum Gasteiger partial charge on any atom is 0.339 e. The van der Waals surface area contributed by atoms with Crippen LogP contribution in [0.1, 0.15) is 40.7 Å². The molecule has 1 aromatic carbocycles. The second kappa shape index (κ2) is 8.88. The summed E-state index contributed by atoms with van der Waals surface area (Å²) in [6.07, 6.45) is 10.3. The number of hydrogen-bond acceptors (Lipinski definition) is 5. The van der Waals surface area contributed by atoms with Crippen molar-refractivity contribution in [2.75, 3.05) is 13.2 Å². The van der Waals surface area contributed by atoms with Gasteiger partial charge in [0.2, 0.25) is 0 Å². The Morgan fingerprint density at radius 1 is 1.29 bits per heavy atom. The highest BCUT2D eigenvalue weighted by atomic mass is 16.5. The summed E-state index contributed by atoms with van der Waals surface area (Å²) in [4.78, 5) is 29.9. The molecule has 1 aliphatic carbocycles. The summed E-state index contributed by atoms with van der Waals surface area (Å²) in [5.74, 6) is 2.38. The van der Waals surface area contributed by atoms with Crippen LogP contribution in [-0.2, 0) is 16.0 Å². The van der Waals surface area contributed by atoms with E-state index in [0.29, 0.717) is 28.8 Å². The number of para-hydroxylation sites is 1. The highest BCUT2D eigenvalue weighted by Gasteiger charge is 2.29. The predicted octanol–water partition coefficient (Wildman–Crippen LogP) is 3.86. The van der Waals surface area contributed by atoms with Gasteiger partial charge in [-0.2, -0.15) is 0 Å². The number of nitrogens with zero attached hydrogens (tertiary/aromatic N) is 1. The molecule has 0 aliphatic heterocycles. The zero-order valence-corrected chi connectivity index (χ0v) is 17.2. The third-order valence-corrected chi connectivity index (χ3v) is 5.20. The van der Waals surface area contributed by atoms with E-state index in [-0.39, 0.29) is 6.54 Å². The molecule has 0 radical (unpaired) electrons. The normalized spacial score (nSPS) is 16.5. The standard InChI is InChI=1S/C25H22N2O4/c1-3-10-26-22(28)15-31-25(29)23-19-8-4-5-9-21(19)27-24-17(12-16(2)13-20(23)24)14-18-7-6-11-30-18/h1,4-9,11,14,16H,10,12-13,15H2,2H3,(H,26,28)/b17-14-/t16-/m0/s1. The first-order valence-electron chi connectivity index (χ1n) is 10.1. The molecule has 0 bridgehead atoms. The number of ether oxygens (including phenoxy) is 1. The van der Waals surface area contributed by atoms with E-state index in [1.54, 1.807) is 6.26 Å². The van der Waals surface area contributed by atoms with E-state index in [9.17, 15) is 9.59 Å². The number of nitrogens with one attached hydrogen (secondary N) is 1. The lowest BCUT2D eigenvalue weighted by Crippen LogP contribution is -2.29. The Hall–Kier alpha value is -3.85. The van der Waals surface area contributed by atoms with Crippen molar-refractivity contribution in [3.05, 3.63) is 65.2 Å². The number of terminal acetylenes is 1. The van der Waals surface area contributed by atoms with Crippen molar-refractivity contribution in [1.82, 2.24) is 10.3 Å². The van der Waals surface area contributed by atoms with Gasteiger partial charge in [0.25, 0.3) is 5.91 Å². The predicted molar refractivity (Wildman–Crippen MR) is 118 cm³/mol. The lowest BCUT2D eigenvalue weighted by Gasteiger charge is -2.26. The largest absolute Gasteiger partial charge is 0.465 e. The number of furan rings is 1. The fourth-order valence-electron chi connectivity index (χ4n) is 3.92. The molecule has 0 spiro atoms. The van der Waals surface area contributed by atoms with Crippen molar-refractivity contribution in [2.24, 2.45) is 5.92 Å². The van der Waals surface area contributed by atoms with E-state index in [1.807, 2.05) is 42.5 Å². The highest BCUT2D eigenvalue weighted by molar-refractivity contribution is 6.07. The second-order valence-corrected chi connectivity index (χ2v) is 7.59. The molecule has 1 atom stereocenters. The number of hydrogen-bond donors (Lipinski definition) is 1. The number of aromatic nitrogens is 1. The van der Waals surface area contributed by atoms with Crippen LogP contribution in [0.15, 0.2) is 47.1 Å². The number of pyridine rings is 1. The van der Waals surface area contributed by atoms with Gasteiger partial charge >= 0.3 is 5.97 Å². The van der Waals surface area contributed by atoms with Gasteiger partial charge in [-0.3, -0.25) is 4.79 Å². The van der Waals surface area contributed by atoms with Crippen LogP contribution in [0.2, 0.25) is 0 Å². The third-order valence-electron chi connectivity index (χ3n) is 5.20. The van der Waals surface area contributed by atoms with E-state index in [1.165, 1.54) is 0 Å². The molecule has 4 rings (SSSR count). The molecule has 3 aromatic rings. The van der Waals surface area contributed by atoms with Crippen LogP contribution in [-0.4, -0.2) is 30.0 Å². The summed E-state index contributed by atoms with van der Waals surface area (Å²) in [5.41, 5.74) is 3.78. The minimum Gasteiger partial charge on any atom is -0.465 e. The van der Waals surface area contributed by atoms with Crippen molar-refractivity contribution in [3.63, 3.8) is 0 Å². The van der Waals surface area contributed by atoms with Gasteiger partial charge in [0.15, 0.2) is 6.61 Å². The molecule has 31 heavy (non-hydrogen) atoms. The molecule has 1 N–H and O–H groups in total. The first-order valence-corrected chi connectivity index (χ1v) is 10.1. The number of amides is 1. The fourth-order valence-corrected chi connectivity index (χ4v) is 3.92. The zero-order valence-electron chi connectivity index (χ0n) is 17.2. The topological polar surface area (TPSA) is 81.4 Å². The van der Waals surface area contributed by atoms with Gasteiger partial charge in [-0.15, -0.1) is 6.42 Å². The van der Waals surface area contributed by atoms with Gasteiger partial charge < -0.3 is 14.5 Å². The maximum atomic E-state index is 13.1. The first-order chi connectivity index (χ1) is 15.1. The first kappa shape index (κ1) is 20.4. The van der Waals surface area contributed by atoms with Crippen molar-refractivity contribution >= 4 is 34.4 Å². The number of rotatable bonds is 5. The molecule has 1 aliphatic rings. The summed E-state index contributed by atoms with van der Waals surface area (Å²) >= 11 is 0. The van der Waals surface area contributed by atoms with Crippen LogP contribution in [0.4, 0.5) is 0 Å². The fraction of sp³-hybridized carbons (Fsp3) is 0.240. The SMILES string of the molecule is C#CCNC(=O)COC(=O)c1c2c(nc3ccccc13)/C(=C\c1ccco1)C[C@H](C)C2. The number of esters is 1. The smallest absolute Gasteiger partial charge is 0.339 e. The number of benzene rings is 1. The Bertz CT molecular complexity index is 1200. The molecule has 0 unspecified atom stereocenters. The lowest BCUT2D eigenvalue weighted by molar-refractivity contribution is -0.123. The molecule has 0 saturated carbocycles. The van der Waals surface area contributed by atoms with Gasteiger partial charge in [-0.1, -0.05) is 31.0 Å². The molecular weight excluding hydrogens is 392 g/mol. The molecule has 2 heterocycles. The van der Waals surface area contributed by atoms with Gasteiger partial charge in [-0.25, -0.2) is 9.78 Å². The van der Waals surface area contributed by atoms with E-state index < -0.39 is 18.5 Å². The summed E-state index contributed by atoms with van der Waals surface area (Å²) < 4.78 is 10.8. The van der Waals surface area contributed by atoms with Crippen LogP contribution >= 0.6 is 0 Å². The van der Waals surface area contributed by atoms with E-state index in [4.69, 9.17) is 20.6 Å². The Morgan fingerprint density at radius 3 is 2.90 bits per heavy atom. The maximum absolute atomic E-state index is 13.1. The van der Waals surface area contributed by atoms with Crippen LogP contribution in [0.5, 0.6) is 0 Å². The third kappa shape index (κ3) is 4.36. The number of carbonyl (C=O) groups excluding carboxylic acids is 2. The highest BCUT2D eigenvalue weighted by Crippen LogP contribution is 2.38. The summed E-state index contributed by atoms with van der Waals surface area (Å²) in [7, 11) is 0. The molecule has 156 valence electrons. The molecule has 6 heteroatoms. The van der Waals surface area contributed by atoms with Gasteiger partial charge in [0, 0.05) is 5.39 Å². The summed E-state index contributed by atoms with van der Waals surface area (Å²) in [6, 6.07) is 11.2. The molecule has 1 amide bonds. The quantitative estimate of drug-likeness (QED) is 0.507. The van der Waals surface area contributed by atoms with Crippen LogP contribution in [0.25, 0.3) is 22.6 Å². The Balaban J connectivity index is 1.78. The zero-order chi connectivity index (χ0) is 21.8. The molecule has 0 saturated heterocycles. The second-order valence-electron chi connectivity index (χ2n) is 7.59. The van der Waals surface area contributed by atoms with Crippen LogP contribution in [0, 0.1) is 18.3 Å². The molecule has 2 aromatic heterocycles. The minimum atomic E-state index is -0.544. The molecular formula is C25H22N2O4. The minimum absolute atomic E-state index is 0.0857. The lowest BCUT2D eigenvalue weighted by atomic mass is 9.81. The van der Waals surface area contributed by atoms with E-state index in [0.717, 1.165) is 29.0 Å². The number of carbonyl (C=O) groups is 2. The Labute approximate surface area is 180 Å². The van der Waals surface area contributed by atoms with E-state index in [2.05, 4.69) is 18.2 Å². The Kier molecular flexibility index (Phi) is 5.85. The summed E-state index contributed by atoms with van der Waals surface area (Å²) in [6.45, 7) is 1.83. The van der Waals surface area contributed by atoms with Crippen molar-refractivity contribution < 1.29 is 18.7 Å². The average molecular weight is 414 g/mol. The van der Waals surface area contributed by atoms with Gasteiger partial charge in [-0.05, 0) is 54.2 Å². The van der Waals surface area contributed by atoms with Gasteiger partial charge in [0.05, 0.1) is 29.6 Å². The molecule has 0 fully saturated rings. The Morgan fingerprint density at radius 2 is 2.13 bits per heavy atom. The van der Waals surface area contributed by atoms with Crippen molar-refractivity contribution in [3.8, 4) is 12.3 Å². The molecule has 6 nitrogen and oxygen atoms in total. The monoisotopic (exact) mass is 414 g/mol. The van der Waals surface area contributed by atoms with Crippen molar-refractivity contribution in [2.45, 2.75) is 19.8 Å².